The smallest absolute Gasteiger partial charge is 0.135 e. The molecule has 0 aromatic carbocycles. The van der Waals surface area contributed by atoms with Crippen LogP contribution in [0.1, 0.15) is 12.2 Å². The van der Waals surface area contributed by atoms with Crippen LogP contribution < -0.4 is 5.32 Å². The summed E-state index contributed by atoms with van der Waals surface area (Å²) in [5.74, 6) is 1.80. The van der Waals surface area contributed by atoms with Gasteiger partial charge in [-0.25, -0.2) is 4.98 Å². The third kappa shape index (κ3) is 3.43. The Morgan fingerprint density at radius 3 is 2.95 bits per heavy atom. The molecule has 0 aliphatic rings. The van der Waals surface area contributed by atoms with Crippen LogP contribution in [-0.2, 0) is 11.2 Å². The number of aromatic nitrogens is 2. The van der Waals surface area contributed by atoms with Gasteiger partial charge in [0.1, 0.15) is 11.6 Å². The lowest BCUT2D eigenvalue weighted by molar-refractivity contribution is 0.189. The summed E-state index contributed by atoms with van der Waals surface area (Å²) in [6.07, 6.45) is 6.92. The fourth-order valence-electron chi connectivity index (χ4n) is 2.47. The highest BCUT2D eigenvalue weighted by molar-refractivity contribution is 5.88. The summed E-state index contributed by atoms with van der Waals surface area (Å²) in [6, 6.07) is 9.94. The number of nitrogens with zero attached hydrogens (tertiary/aromatic N) is 2. The van der Waals surface area contributed by atoms with Gasteiger partial charge in [-0.15, -0.1) is 0 Å². The van der Waals surface area contributed by atoms with Crippen LogP contribution >= 0.6 is 0 Å². The van der Waals surface area contributed by atoms with E-state index in [1.54, 1.807) is 25.8 Å². The highest BCUT2D eigenvalue weighted by atomic mass is 16.5. The van der Waals surface area contributed by atoms with Gasteiger partial charge in [0.15, 0.2) is 0 Å². The number of furan rings is 1. The van der Waals surface area contributed by atoms with Gasteiger partial charge in [0.05, 0.1) is 11.8 Å². The van der Waals surface area contributed by atoms with Gasteiger partial charge in [-0.3, -0.25) is 4.98 Å². The largest absolute Gasteiger partial charge is 0.469 e. The standard InChI is InChI=1S/C17H19N3O2/c1-21-11-7-13(12-14-4-3-10-22-14)20-17-15-5-2-8-18-16(15)6-9-19-17/h2-6,8-10,13H,7,11-12H2,1H3,(H,19,20). The van der Waals surface area contributed by atoms with Crippen LogP contribution in [0, 0.1) is 0 Å². The van der Waals surface area contributed by atoms with Crippen molar-refractivity contribution >= 4 is 16.7 Å². The molecule has 5 heteroatoms. The van der Waals surface area contributed by atoms with Crippen LogP contribution in [0.25, 0.3) is 10.9 Å². The van der Waals surface area contributed by atoms with Crippen LogP contribution in [0.4, 0.5) is 5.82 Å². The number of ether oxygens (including phenoxy) is 1. The zero-order chi connectivity index (χ0) is 15.2. The Kier molecular flexibility index (Phi) is 4.65. The highest BCUT2D eigenvalue weighted by Gasteiger charge is 2.13. The van der Waals surface area contributed by atoms with Gasteiger partial charge in [0, 0.05) is 44.0 Å². The first-order valence-corrected chi connectivity index (χ1v) is 7.34. The number of rotatable bonds is 7. The first-order valence-electron chi connectivity index (χ1n) is 7.34. The number of fused-ring (bicyclic) bond motifs is 1. The quantitative estimate of drug-likeness (QED) is 0.725. The third-order valence-electron chi connectivity index (χ3n) is 3.57. The van der Waals surface area contributed by atoms with E-state index in [0.717, 1.165) is 35.3 Å². The zero-order valence-electron chi connectivity index (χ0n) is 12.5. The summed E-state index contributed by atoms with van der Waals surface area (Å²) in [7, 11) is 1.71. The molecule has 3 heterocycles. The summed E-state index contributed by atoms with van der Waals surface area (Å²) >= 11 is 0. The van der Waals surface area contributed by atoms with Crippen LogP contribution in [-0.4, -0.2) is 29.7 Å². The molecule has 0 saturated heterocycles. The van der Waals surface area contributed by atoms with Gasteiger partial charge in [-0.1, -0.05) is 0 Å². The molecule has 0 fully saturated rings. The van der Waals surface area contributed by atoms with E-state index in [2.05, 4.69) is 15.3 Å². The summed E-state index contributed by atoms with van der Waals surface area (Å²) in [4.78, 5) is 8.83. The molecular weight excluding hydrogens is 278 g/mol. The summed E-state index contributed by atoms with van der Waals surface area (Å²) in [6.45, 7) is 0.682. The van der Waals surface area contributed by atoms with Crippen molar-refractivity contribution in [2.45, 2.75) is 18.9 Å². The Morgan fingerprint density at radius 1 is 1.18 bits per heavy atom. The average Bonchev–Trinajstić information content (AvgIpc) is 3.06. The predicted octanol–water partition coefficient (Wildman–Crippen LogP) is 3.28. The van der Waals surface area contributed by atoms with Crippen LogP contribution in [0.3, 0.4) is 0 Å². The fraction of sp³-hybridized carbons (Fsp3) is 0.294. The molecule has 0 aliphatic heterocycles. The van der Waals surface area contributed by atoms with Crippen LogP contribution in [0.15, 0.2) is 53.4 Å². The molecule has 3 aromatic heterocycles. The number of methoxy groups -OCH3 is 1. The molecule has 0 aliphatic carbocycles. The minimum Gasteiger partial charge on any atom is -0.469 e. The van der Waals surface area contributed by atoms with Gasteiger partial charge < -0.3 is 14.5 Å². The maximum Gasteiger partial charge on any atom is 0.135 e. The van der Waals surface area contributed by atoms with E-state index in [1.807, 2.05) is 30.3 Å². The highest BCUT2D eigenvalue weighted by Crippen LogP contribution is 2.21. The van der Waals surface area contributed by atoms with Crippen molar-refractivity contribution in [3.63, 3.8) is 0 Å². The van der Waals surface area contributed by atoms with E-state index in [0.29, 0.717) is 6.61 Å². The van der Waals surface area contributed by atoms with Crippen molar-refractivity contribution in [3.8, 4) is 0 Å². The van der Waals surface area contributed by atoms with Crippen LogP contribution in [0.2, 0.25) is 0 Å². The molecule has 3 aromatic rings. The van der Waals surface area contributed by atoms with E-state index < -0.39 is 0 Å². The molecule has 5 nitrogen and oxygen atoms in total. The first kappa shape index (κ1) is 14.5. The summed E-state index contributed by atoms with van der Waals surface area (Å²) in [5, 5.41) is 4.52. The maximum atomic E-state index is 5.46. The Bertz CT molecular complexity index is 708. The Morgan fingerprint density at radius 2 is 2.14 bits per heavy atom. The molecular formula is C17H19N3O2. The van der Waals surface area contributed by atoms with Gasteiger partial charge in [-0.05, 0) is 36.8 Å². The van der Waals surface area contributed by atoms with Crippen molar-refractivity contribution in [3.05, 3.63) is 54.7 Å². The Balaban J connectivity index is 1.81. The Hall–Kier alpha value is -2.40. The molecule has 0 amide bonds. The molecule has 0 radical (unpaired) electrons. The lowest BCUT2D eigenvalue weighted by atomic mass is 10.1. The fourth-order valence-corrected chi connectivity index (χ4v) is 2.47. The van der Waals surface area contributed by atoms with E-state index in [4.69, 9.17) is 9.15 Å². The lowest BCUT2D eigenvalue weighted by Gasteiger charge is -2.19. The van der Waals surface area contributed by atoms with Crippen molar-refractivity contribution in [1.82, 2.24) is 9.97 Å². The summed E-state index contributed by atoms with van der Waals surface area (Å²) < 4.78 is 10.7. The van der Waals surface area contributed by atoms with E-state index in [9.17, 15) is 0 Å². The summed E-state index contributed by atoms with van der Waals surface area (Å²) in [5.41, 5.74) is 0.934. The van der Waals surface area contributed by atoms with Crippen molar-refractivity contribution in [2.24, 2.45) is 0 Å². The molecule has 1 atom stereocenters. The second kappa shape index (κ2) is 7.04. The van der Waals surface area contributed by atoms with Gasteiger partial charge in [-0.2, -0.15) is 0 Å². The minimum absolute atomic E-state index is 0.185. The van der Waals surface area contributed by atoms with E-state index in [1.165, 1.54) is 0 Å². The molecule has 0 saturated carbocycles. The maximum absolute atomic E-state index is 5.46. The third-order valence-corrected chi connectivity index (χ3v) is 3.57. The van der Waals surface area contributed by atoms with Crippen LogP contribution in [0.5, 0.6) is 0 Å². The van der Waals surface area contributed by atoms with Gasteiger partial charge in [0.25, 0.3) is 0 Å². The normalized spacial score (nSPS) is 12.4. The topological polar surface area (TPSA) is 60.2 Å². The van der Waals surface area contributed by atoms with Gasteiger partial charge >= 0.3 is 0 Å². The molecule has 114 valence electrons. The Labute approximate surface area is 129 Å². The molecule has 0 bridgehead atoms. The number of anilines is 1. The van der Waals surface area contributed by atoms with Crippen molar-refractivity contribution < 1.29 is 9.15 Å². The molecule has 22 heavy (non-hydrogen) atoms. The zero-order valence-corrected chi connectivity index (χ0v) is 12.5. The van der Waals surface area contributed by atoms with Crippen molar-refractivity contribution in [1.29, 1.82) is 0 Å². The predicted molar refractivity (Wildman–Crippen MR) is 85.9 cm³/mol. The number of hydrogen-bond donors (Lipinski definition) is 1. The molecule has 3 rings (SSSR count). The van der Waals surface area contributed by atoms with Gasteiger partial charge in [0.2, 0.25) is 0 Å². The van der Waals surface area contributed by atoms with E-state index in [-0.39, 0.29) is 6.04 Å². The monoisotopic (exact) mass is 297 g/mol. The number of hydrogen-bond acceptors (Lipinski definition) is 5. The minimum atomic E-state index is 0.185. The SMILES string of the molecule is COCCC(Cc1ccco1)Nc1nccc2ncccc12. The molecule has 0 spiro atoms. The molecule has 1 N–H and O–H groups in total. The molecule has 1 unspecified atom stereocenters. The average molecular weight is 297 g/mol. The number of pyridine rings is 2. The van der Waals surface area contributed by atoms with E-state index >= 15 is 0 Å². The first-order chi connectivity index (χ1) is 10.9. The lowest BCUT2D eigenvalue weighted by Crippen LogP contribution is -2.24. The second-order valence-corrected chi connectivity index (χ2v) is 5.14. The van der Waals surface area contributed by atoms with Crippen molar-refractivity contribution in [2.75, 3.05) is 19.0 Å². The second-order valence-electron chi connectivity index (χ2n) is 5.14. The number of nitrogens with one attached hydrogen (secondary N) is 1.